The smallest absolute Gasteiger partial charge is 0.0293 e. The van der Waals surface area contributed by atoms with E-state index in [4.69, 9.17) is 0 Å². The van der Waals surface area contributed by atoms with Crippen LogP contribution in [-0.2, 0) is 0 Å². The molecule has 0 radical (unpaired) electrons. The van der Waals surface area contributed by atoms with Crippen LogP contribution in [0.2, 0.25) is 0 Å². The van der Waals surface area contributed by atoms with E-state index in [0.29, 0.717) is 6.04 Å². The van der Waals surface area contributed by atoms with Crippen molar-refractivity contribution in [2.75, 3.05) is 0 Å². The molecule has 0 amide bonds. The number of hydrogen-bond donors (Lipinski definition) is 1. The summed E-state index contributed by atoms with van der Waals surface area (Å²) in [5.74, 6) is 0.959. The van der Waals surface area contributed by atoms with Crippen LogP contribution < -0.4 is 5.32 Å². The molecule has 0 atom stereocenters. The molecule has 0 aliphatic heterocycles. The van der Waals surface area contributed by atoms with Crippen molar-refractivity contribution >= 4 is 0 Å². The molecule has 0 aromatic rings. The SMILES string of the molecule is C=C(C)C(=C)NC1CC(CCC)C1. The summed E-state index contributed by atoms with van der Waals surface area (Å²) in [6, 6.07) is 0.667. The van der Waals surface area contributed by atoms with Crippen molar-refractivity contribution in [1.82, 2.24) is 5.32 Å². The molecule has 13 heavy (non-hydrogen) atoms. The topological polar surface area (TPSA) is 12.0 Å². The fourth-order valence-corrected chi connectivity index (χ4v) is 1.87. The van der Waals surface area contributed by atoms with Crippen LogP contribution in [0.3, 0.4) is 0 Å². The summed E-state index contributed by atoms with van der Waals surface area (Å²) >= 11 is 0. The molecule has 1 rings (SSSR count). The normalized spacial score (nSPS) is 26.3. The van der Waals surface area contributed by atoms with Gasteiger partial charge in [-0.15, -0.1) is 0 Å². The second-order valence-corrected chi connectivity index (χ2v) is 4.23. The Bertz CT molecular complexity index is 199. The van der Waals surface area contributed by atoms with Gasteiger partial charge in [0.1, 0.15) is 0 Å². The molecule has 0 aromatic carbocycles. The number of rotatable bonds is 5. The van der Waals surface area contributed by atoms with Gasteiger partial charge >= 0.3 is 0 Å². The maximum Gasteiger partial charge on any atom is 0.0293 e. The minimum absolute atomic E-state index is 0.667. The molecule has 0 spiro atoms. The molecule has 1 heteroatoms. The molecule has 0 heterocycles. The largest absolute Gasteiger partial charge is 0.383 e. The monoisotopic (exact) mass is 179 g/mol. The van der Waals surface area contributed by atoms with Crippen molar-refractivity contribution in [3.05, 3.63) is 24.4 Å². The Morgan fingerprint density at radius 3 is 2.46 bits per heavy atom. The van der Waals surface area contributed by atoms with Crippen molar-refractivity contribution in [3.8, 4) is 0 Å². The summed E-state index contributed by atoms with van der Waals surface area (Å²) in [4.78, 5) is 0. The van der Waals surface area contributed by atoms with E-state index < -0.39 is 0 Å². The van der Waals surface area contributed by atoms with Crippen LogP contribution in [-0.4, -0.2) is 6.04 Å². The van der Waals surface area contributed by atoms with Crippen LogP contribution in [0.25, 0.3) is 0 Å². The van der Waals surface area contributed by atoms with Gasteiger partial charge in [-0.1, -0.05) is 32.9 Å². The van der Waals surface area contributed by atoms with Gasteiger partial charge in [0.25, 0.3) is 0 Å². The molecule has 74 valence electrons. The molecule has 1 N–H and O–H groups in total. The predicted molar refractivity (Wildman–Crippen MR) is 58.5 cm³/mol. The first-order chi connectivity index (χ1) is 6.13. The van der Waals surface area contributed by atoms with E-state index in [1.807, 2.05) is 6.92 Å². The lowest BCUT2D eigenvalue weighted by Crippen LogP contribution is -2.40. The van der Waals surface area contributed by atoms with Crippen molar-refractivity contribution in [1.29, 1.82) is 0 Å². The van der Waals surface area contributed by atoms with E-state index in [-0.39, 0.29) is 0 Å². The molecule has 0 unspecified atom stereocenters. The standard InChI is InChI=1S/C12H21N/c1-5-6-11-7-12(8-11)13-10(4)9(2)3/h11-13H,2,4-8H2,1,3H3. The van der Waals surface area contributed by atoms with Gasteiger partial charge in [0.2, 0.25) is 0 Å². The van der Waals surface area contributed by atoms with Crippen molar-refractivity contribution in [2.45, 2.75) is 45.6 Å². The summed E-state index contributed by atoms with van der Waals surface area (Å²) in [6.07, 6.45) is 5.34. The van der Waals surface area contributed by atoms with E-state index in [1.54, 1.807) is 0 Å². The molecule has 1 aliphatic rings. The summed E-state index contributed by atoms with van der Waals surface area (Å²) in [6.45, 7) is 12.1. The number of allylic oxidation sites excluding steroid dienone is 1. The van der Waals surface area contributed by atoms with Gasteiger partial charge in [-0.3, -0.25) is 0 Å². The summed E-state index contributed by atoms with van der Waals surface area (Å²) < 4.78 is 0. The van der Waals surface area contributed by atoms with Crippen molar-refractivity contribution in [3.63, 3.8) is 0 Å². The molecular weight excluding hydrogens is 158 g/mol. The zero-order valence-electron chi connectivity index (χ0n) is 8.90. The van der Waals surface area contributed by atoms with E-state index in [0.717, 1.165) is 17.2 Å². The zero-order chi connectivity index (χ0) is 9.84. The second kappa shape index (κ2) is 4.50. The van der Waals surface area contributed by atoms with Gasteiger partial charge in [-0.25, -0.2) is 0 Å². The Labute approximate surface area is 81.9 Å². The van der Waals surface area contributed by atoms with E-state index in [1.165, 1.54) is 25.7 Å². The van der Waals surface area contributed by atoms with Gasteiger partial charge in [0.15, 0.2) is 0 Å². The van der Waals surface area contributed by atoms with Crippen LogP contribution in [0.1, 0.15) is 39.5 Å². The summed E-state index contributed by atoms with van der Waals surface area (Å²) in [5.41, 5.74) is 2.07. The fraction of sp³-hybridized carbons (Fsp3) is 0.667. The Morgan fingerprint density at radius 1 is 1.38 bits per heavy atom. The lowest BCUT2D eigenvalue weighted by atomic mass is 9.77. The molecule has 1 nitrogen and oxygen atoms in total. The summed E-state index contributed by atoms with van der Waals surface area (Å²) in [5, 5.41) is 3.41. The Hall–Kier alpha value is -0.720. The Balaban J connectivity index is 2.14. The maximum atomic E-state index is 3.94. The van der Waals surface area contributed by atoms with Gasteiger partial charge in [-0.2, -0.15) is 0 Å². The van der Waals surface area contributed by atoms with Crippen LogP contribution in [0, 0.1) is 5.92 Å². The van der Waals surface area contributed by atoms with Crippen LogP contribution in [0.5, 0.6) is 0 Å². The highest BCUT2D eigenvalue weighted by Gasteiger charge is 2.27. The molecular formula is C12H21N. The molecule has 0 aromatic heterocycles. The average molecular weight is 179 g/mol. The molecule has 1 saturated carbocycles. The quantitative estimate of drug-likeness (QED) is 0.639. The maximum absolute atomic E-state index is 3.94. The van der Waals surface area contributed by atoms with Gasteiger partial charge in [0, 0.05) is 11.7 Å². The van der Waals surface area contributed by atoms with E-state index in [2.05, 4.69) is 25.4 Å². The van der Waals surface area contributed by atoms with Crippen molar-refractivity contribution in [2.24, 2.45) is 5.92 Å². The second-order valence-electron chi connectivity index (χ2n) is 4.23. The van der Waals surface area contributed by atoms with Gasteiger partial charge in [0.05, 0.1) is 0 Å². The highest BCUT2D eigenvalue weighted by molar-refractivity contribution is 5.21. The fourth-order valence-electron chi connectivity index (χ4n) is 1.87. The zero-order valence-corrected chi connectivity index (χ0v) is 8.90. The highest BCUT2D eigenvalue weighted by atomic mass is 14.9. The Kier molecular flexibility index (Phi) is 3.58. The first kappa shape index (κ1) is 10.4. The number of nitrogens with one attached hydrogen (secondary N) is 1. The third-order valence-electron chi connectivity index (χ3n) is 2.83. The Morgan fingerprint density at radius 2 is 2.00 bits per heavy atom. The third kappa shape index (κ3) is 2.91. The minimum Gasteiger partial charge on any atom is -0.383 e. The number of hydrogen-bond acceptors (Lipinski definition) is 1. The van der Waals surface area contributed by atoms with Crippen molar-refractivity contribution < 1.29 is 0 Å². The molecule has 1 fully saturated rings. The van der Waals surface area contributed by atoms with Crippen LogP contribution in [0.15, 0.2) is 24.4 Å². The lowest BCUT2D eigenvalue weighted by Gasteiger charge is -2.37. The average Bonchev–Trinajstić information content (AvgIpc) is 2.00. The molecule has 1 aliphatic carbocycles. The predicted octanol–water partition coefficient (Wildman–Crippen LogP) is 3.24. The van der Waals surface area contributed by atoms with Gasteiger partial charge < -0.3 is 5.32 Å². The van der Waals surface area contributed by atoms with E-state index in [9.17, 15) is 0 Å². The highest BCUT2D eigenvalue weighted by Crippen LogP contribution is 2.31. The molecule has 0 bridgehead atoms. The summed E-state index contributed by atoms with van der Waals surface area (Å²) in [7, 11) is 0. The lowest BCUT2D eigenvalue weighted by molar-refractivity contribution is 0.221. The van der Waals surface area contributed by atoms with Crippen LogP contribution in [0.4, 0.5) is 0 Å². The molecule has 0 saturated heterocycles. The first-order valence-corrected chi connectivity index (χ1v) is 5.24. The first-order valence-electron chi connectivity index (χ1n) is 5.24. The van der Waals surface area contributed by atoms with Crippen LogP contribution >= 0.6 is 0 Å². The third-order valence-corrected chi connectivity index (χ3v) is 2.83. The minimum atomic E-state index is 0.667. The van der Waals surface area contributed by atoms with E-state index >= 15 is 0 Å². The van der Waals surface area contributed by atoms with Gasteiger partial charge in [-0.05, 0) is 31.3 Å².